The zero-order chi connectivity index (χ0) is 22.9. The molecule has 0 aliphatic rings. The van der Waals surface area contributed by atoms with E-state index in [4.69, 9.17) is 16.4 Å². The van der Waals surface area contributed by atoms with E-state index in [1.165, 1.54) is 36.2 Å². The number of alkyl halides is 3. The number of pyridine rings is 1. The van der Waals surface area contributed by atoms with Crippen LogP contribution < -0.4 is 15.5 Å². The number of nitrogens with zero attached hydrogens (tertiary/aromatic N) is 3. The van der Waals surface area contributed by atoms with Crippen molar-refractivity contribution in [1.82, 2.24) is 20.0 Å². The van der Waals surface area contributed by atoms with Gasteiger partial charge in [-0.25, -0.2) is 4.98 Å². The molecule has 11 heteroatoms. The number of imidazole rings is 1. The molecule has 0 aliphatic heterocycles. The van der Waals surface area contributed by atoms with Crippen molar-refractivity contribution < 1.29 is 22.8 Å². The lowest BCUT2D eigenvalue weighted by Gasteiger charge is -2.14. The van der Waals surface area contributed by atoms with Crippen LogP contribution in [0.5, 0.6) is 5.75 Å². The molecular formula is C21H15ClF3N5O2. The van der Waals surface area contributed by atoms with E-state index in [-0.39, 0.29) is 23.1 Å². The number of carbonyl (C=O) groups is 1. The number of nitrogens with one attached hydrogen (secondary N) is 2. The monoisotopic (exact) mass is 461 g/mol. The average Bonchev–Trinajstić information content (AvgIpc) is 3.11. The molecule has 2 N–H and O–H groups in total. The SMILES string of the molecule is CNC(=O)c1cc(On2c(Nc3ccc(Cl)c(C(F)(F)F)c3)nc3ccccc32)ccn1. The van der Waals surface area contributed by atoms with E-state index in [0.717, 1.165) is 12.1 Å². The molecular weight excluding hydrogens is 447 g/mol. The van der Waals surface area contributed by atoms with Gasteiger partial charge in [-0.05, 0) is 30.3 Å². The minimum absolute atomic E-state index is 0.114. The topological polar surface area (TPSA) is 81.1 Å². The summed E-state index contributed by atoms with van der Waals surface area (Å²) in [5.41, 5.74) is 0.370. The fraction of sp³-hybridized carbons (Fsp3) is 0.0952. The van der Waals surface area contributed by atoms with E-state index in [1.54, 1.807) is 24.3 Å². The lowest BCUT2D eigenvalue weighted by atomic mass is 10.2. The van der Waals surface area contributed by atoms with Gasteiger partial charge in [-0.3, -0.25) is 9.78 Å². The molecule has 7 nitrogen and oxygen atoms in total. The van der Waals surface area contributed by atoms with E-state index in [1.807, 2.05) is 0 Å². The Kier molecular flexibility index (Phi) is 5.62. The number of para-hydroxylation sites is 2. The second-order valence-electron chi connectivity index (χ2n) is 6.58. The second kappa shape index (κ2) is 8.39. The van der Waals surface area contributed by atoms with Gasteiger partial charge in [-0.1, -0.05) is 23.7 Å². The van der Waals surface area contributed by atoms with Crippen LogP contribution in [0.1, 0.15) is 16.1 Å². The maximum absolute atomic E-state index is 13.2. The minimum atomic E-state index is -4.61. The highest BCUT2D eigenvalue weighted by atomic mass is 35.5. The zero-order valence-corrected chi connectivity index (χ0v) is 17.2. The number of amides is 1. The van der Waals surface area contributed by atoms with E-state index < -0.39 is 22.7 Å². The number of hydrogen-bond acceptors (Lipinski definition) is 5. The maximum atomic E-state index is 13.2. The lowest BCUT2D eigenvalue weighted by molar-refractivity contribution is -0.137. The highest BCUT2D eigenvalue weighted by Gasteiger charge is 2.33. The van der Waals surface area contributed by atoms with Crippen molar-refractivity contribution in [2.45, 2.75) is 6.18 Å². The molecule has 4 aromatic rings. The summed E-state index contributed by atoms with van der Waals surface area (Å²) in [6.07, 6.45) is -3.21. The van der Waals surface area contributed by atoms with Crippen molar-refractivity contribution in [1.29, 1.82) is 0 Å². The number of hydrogen-bond donors (Lipinski definition) is 2. The molecule has 0 bridgehead atoms. The van der Waals surface area contributed by atoms with Gasteiger partial charge in [0, 0.05) is 31.1 Å². The van der Waals surface area contributed by atoms with Gasteiger partial charge in [0.25, 0.3) is 5.91 Å². The van der Waals surface area contributed by atoms with Crippen LogP contribution in [0.4, 0.5) is 24.8 Å². The number of carbonyl (C=O) groups excluding carboxylic acids is 1. The van der Waals surface area contributed by atoms with Crippen molar-refractivity contribution in [2.24, 2.45) is 0 Å². The molecule has 0 atom stereocenters. The Balaban J connectivity index is 1.74. The number of aromatic nitrogens is 3. The van der Waals surface area contributed by atoms with Gasteiger partial charge in [0.1, 0.15) is 11.2 Å². The van der Waals surface area contributed by atoms with E-state index in [2.05, 4.69) is 20.6 Å². The molecule has 0 spiro atoms. The Hall–Kier alpha value is -3.79. The summed E-state index contributed by atoms with van der Waals surface area (Å²) in [6, 6.07) is 13.4. The molecule has 0 aliphatic carbocycles. The first-order valence-electron chi connectivity index (χ1n) is 9.24. The summed E-state index contributed by atoms with van der Waals surface area (Å²) in [7, 11) is 1.48. The molecule has 164 valence electrons. The summed E-state index contributed by atoms with van der Waals surface area (Å²) >= 11 is 5.71. The average molecular weight is 462 g/mol. The molecule has 0 saturated carbocycles. The van der Waals surface area contributed by atoms with Gasteiger partial charge < -0.3 is 15.5 Å². The van der Waals surface area contributed by atoms with Crippen LogP contribution in [0.25, 0.3) is 11.0 Å². The van der Waals surface area contributed by atoms with Crippen LogP contribution in [0.3, 0.4) is 0 Å². The first-order chi connectivity index (χ1) is 15.3. The molecule has 0 unspecified atom stereocenters. The summed E-state index contributed by atoms with van der Waals surface area (Å²) in [5, 5.41) is 4.90. The van der Waals surface area contributed by atoms with Crippen LogP contribution in [0.15, 0.2) is 60.8 Å². The molecule has 0 saturated heterocycles. The summed E-state index contributed by atoms with van der Waals surface area (Å²) in [5.74, 6) is 0.00183. The Morgan fingerprint density at radius 2 is 1.91 bits per heavy atom. The zero-order valence-electron chi connectivity index (χ0n) is 16.4. The van der Waals surface area contributed by atoms with E-state index in [0.29, 0.717) is 11.0 Å². The smallest absolute Gasteiger partial charge is 0.372 e. The molecule has 2 aromatic heterocycles. The first kappa shape index (κ1) is 21.4. The Morgan fingerprint density at radius 3 is 2.66 bits per heavy atom. The van der Waals surface area contributed by atoms with Gasteiger partial charge in [0.15, 0.2) is 5.75 Å². The van der Waals surface area contributed by atoms with Gasteiger partial charge in [-0.15, -0.1) is 4.73 Å². The largest absolute Gasteiger partial charge is 0.417 e. The van der Waals surface area contributed by atoms with Gasteiger partial charge in [0.05, 0.1) is 16.1 Å². The third-order valence-corrected chi connectivity index (χ3v) is 4.76. The number of fused-ring (bicyclic) bond motifs is 1. The van der Waals surface area contributed by atoms with Crippen LogP contribution in [-0.2, 0) is 6.18 Å². The third-order valence-electron chi connectivity index (χ3n) is 4.43. The lowest BCUT2D eigenvalue weighted by Crippen LogP contribution is -2.19. The predicted molar refractivity (Wildman–Crippen MR) is 113 cm³/mol. The summed E-state index contributed by atoms with van der Waals surface area (Å²) in [6.45, 7) is 0. The number of halogens is 4. The van der Waals surface area contributed by atoms with Crippen molar-refractivity contribution in [3.05, 3.63) is 77.1 Å². The Morgan fingerprint density at radius 1 is 1.12 bits per heavy atom. The van der Waals surface area contributed by atoms with Crippen LogP contribution in [-0.4, -0.2) is 27.7 Å². The number of rotatable bonds is 5. The second-order valence-corrected chi connectivity index (χ2v) is 6.99. The molecule has 2 heterocycles. The van der Waals surface area contributed by atoms with Gasteiger partial charge in [0.2, 0.25) is 5.95 Å². The highest BCUT2D eigenvalue weighted by Crippen LogP contribution is 2.37. The van der Waals surface area contributed by atoms with Crippen molar-refractivity contribution in [2.75, 3.05) is 12.4 Å². The van der Waals surface area contributed by atoms with Crippen molar-refractivity contribution in [3.63, 3.8) is 0 Å². The first-order valence-corrected chi connectivity index (χ1v) is 9.62. The van der Waals surface area contributed by atoms with Crippen molar-refractivity contribution >= 4 is 40.2 Å². The van der Waals surface area contributed by atoms with Gasteiger partial charge >= 0.3 is 6.18 Å². The van der Waals surface area contributed by atoms with E-state index in [9.17, 15) is 18.0 Å². The van der Waals surface area contributed by atoms with Gasteiger partial charge in [-0.2, -0.15) is 13.2 Å². The van der Waals surface area contributed by atoms with E-state index >= 15 is 0 Å². The fourth-order valence-corrected chi connectivity index (χ4v) is 3.17. The Bertz CT molecular complexity index is 1310. The van der Waals surface area contributed by atoms with Crippen LogP contribution in [0.2, 0.25) is 5.02 Å². The quantitative estimate of drug-likeness (QED) is 0.435. The molecule has 2 aromatic carbocycles. The highest BCUT2D eigenvalue weighted by molar-refractivity contribution is 6.31. The number of anilines is 2. The normalized spacial score (nSPS) is 11.4. The Labute approximate surface area is 184 Å². The maximum Gasteiger partial charge on any atom is 0.417 e. The molecule has 0 fully saturated rings. The fourth-order valence-electron chi connectivity index (χ4n) is 2.95. The molecule has 1 amide bonds. The summed E-state index contributed by atoms with van der Waals surface area (Å²) in [4.78, 5) is 26.2. The minimum Gasteiger partial charge on any atom is -0.372 e. The number of benzene rings is 2. The third kappa shape index (κ3) is 4.30. The van der Waals surface area contributed by atoms with Crippen LogP contribution >= 0.6 is 11.6 Å². The molecule has 0 radical (unpaired) electrons. The standard InChI is InChI=1S/C21H15ClF3N5O2/c1-26-19(31)17-11-13(8-9-27-17)32-30-18-5-3-2-4-16(18)29-20(30)28-12-6-7-15(22)14(10-12)21(23,24)25/h2-11H,1H3,(H,26,31)(H,28,29). The molecule has 32 heavy (non-hydrogen) atoms. The summed E-state index contributed by atoms with van der Waals surface area (Å²) < 4.78 is 41.0. The van der Waals surface area contributed by atoms with Crippen LogP contribution in [0, 0.1) is 0 Å². The predicted octanol–water partition coefficient (Wildman–Crippen LogP) is 5.05. The molecule has 4 rings (SSSR count). The van der Waals surface area contributed by atoms with Crippen molar-refractivity contribution in [3.8, 4) is 5.75 Å².